The van der Waals surface area contributed by atoms with Gasteiger partial charge in [0.05, 0.1) is 22.5 Å². The Bertz CT molecular complexity index is 1170. The van der Waals surface area contributed by atoms with E-state index >= 15 is 0 Å². The molecule has 2 aromatic heterocycles. The summed E-state index contributed by atoms with van der Waals surface area (Å²) in [5.74, 6) is -0.335. The first-order valence-corrected chi connectivity index (χ1v) is 11.2. The zero-order valence-electron chi connectivity index (χ0n) is 16.1. The molecular weight excluding hydrogens is 408 g/mol. The molecule has 0 unspecified atom stereocenters. The molecule has 1 aliphatic rings. The molecule has 4 rings (SSSR count). The summed E-state index contributed by atoms with van der Waals surface area (Å²) in [6.45, 7) is 4.39. The van der Waals surface area contributed by atoms with Crippen LogP contribution in [0.15, 0.2) is 40.3 Å². The maximum absolute atomic E-state index is 12.9. The summed E-state index contributed by atoms with van der Waals surface area (Å²) in [7, 11) is 0. The van der Waals surface area contributed by atoms with Crippen molar-refractivity contribution in [2.24, 2.45) is 0 Å². The smallest absolute Gasteiger partial charge is 0.262 e. The van der Waals surface area contributed by atoms with E-state index in [0.29, 0.717) is 33.3 Å². The predicted molar refractivity (Wildman–Crippen MR) is 117 cm³/mol. The molecule has 1 aromatic carbocycles. The Morgan fingerprint density at radius 3 is 2.83 bits per heavy atom. The third kappa shape index (κ3) is 3.67. The fraction of sp³-hybridized carbons (Fsp3) is 0.300. The number of nitrogens with one attached hydrogen (secondary N) is 1. The van der Waals surface area contributed by atoms with E-state index in [1.54, 1.807) is 10.6 Å². The molecular formula is C20H20N4O3S2. The van der Waals surface area contributed by atoms with Gasteiger partial charge in [0.15, 0.2) is 5.16 Å². The van der Waals surface area contributed by atoms with Crippen molar-refractivity contribution in [1.82, 2.24) is 9.55 Å². The molecule has 0 bridgehead atoms. The van der Waals surface area contributed by atoms with E-state index in [1.165, 1.54) is 28.0 Å². The second-order valence-electron chi connectivity index (χ2n) is 6.56. The molecule has 0 fully saturated rings. The van der Waals surface area contributed by atoms with Crippen LogP contribution in [-0.4, -0.2) is 33.7 Å². The van der Waals surface area contributed by atoms with Crippen molar-refractivity contribution in [2.45, 2.75) is 32.0 Å². The van der Waals surface area contributed by atoms with E-state index in [-0.39, 0.29) is 29.7 Å². The Balaban J connectivity index is 1.61. The highest BCUT2D eigenvalue weighted by Crippen LogP contribution is 2.30. The third-order valence-electron chi connectivity index (χ3n) is 4.73. The lowest BCUT2D eigenvalue weighted by Gasteiger charge is -2.29. The minimum Gasteiger partial charge on any atom is -0.323 e. The molecule has 0 aliphatic carbocycles. The van der Waals surface area contributed by atoms with Gasteiger partial charge in [0, 0.05) is 11.4 Å². The van der Waals surface area contributed by atoms with Gasteiger partial charge in [-0.05, 0) is 31.5 Å². The van der Waals surface area contributed by atoms with Crippen LogP contribution in [0.5, 0.6) is 0 Å². The monoisotopic (exact) mass is 428 g/mol. The number of nitrogens with zero attached hydrogens (tertiary/aromatic N) is 3. The van der Waals surface area contributed by atoms with Crippen LogP contribution < -0.4 is 15.8 Å². The minimum atomic E-state index is -0.224. The number of aryl methyl sites for hydroxylation is 1. The quantitative estimate of drug-likeness (QED) is 0.499. The molecule has 7 nitrogen and oxygen atoms in total. The van der Waals surface area contributed by atoms with Gasteiger partial charge in [0.25, 0.3) is 5.56 Å². The summed E-state index contributed by atoms with van der Waals surface area (Å²) in [4.78, 5) is 45.6. The number of hydrogen-bond donors (Lipinski definition) is 1. The van der Waals surface area contributed by atoms with Crippen LogP contribution in [0.3, 0.4) is 0 Å². The number of hydrogen-bond acceptors (Lipinski definition) is 6. The average molecular weight is 429 g/mol. The topological polar surface area (TPSA) is 84.3 Å². The largest absolute Gasteiger partial charge is 0.323 e. The van der Waals surface area contributed by atoms with Gasteiger partial charge in [0.1, 0.15) is 11.4 Å². The van der Waals surface area contributed by atoms with E-state index in [4.69, 9.17) is 0 Å². The maximum atomic E-state index is 12.9. The van der Waals surface area contributed by atoms with E-state index in [1.807, 2.05) is 38.1 Å². The standard InChI is InChI=1S/C20H20N4O3S2/c1-3-12-9-13-18(29-12)22-20(23(4-2)19(13)27)28-11-17(26)24-10-16(25)21-14-7-5-6-8-15(14)24/h5-9H,3-4,10-11H2,1-2H3,(H,21,25). The Morgan fingerprint density at radius 1 is 1.28 bits per heavy atom. The van der Waals surface area contributed by atoms with Crippen molar-refractivity contribution >= 4 is 56.5 Å². The number of benzene rings is 1. The van der Waals surface area contributed by atoms with Crippen LogP contribution in [0.1, 0.15) is 18.7 Å². The number of amides is 2. The Labute approximate surface area is 175 Å². The number of thioether (sulfide) groups is 1. The van der Waals surface area contributed by atoms with Crippen LogP contribution in [0.25, 0.3) is 10.2 Å². The fourth-order valence-corrected chi connectivity index (χ4v) is 5.22. The van der Waals surface area contributed by atoms with Crippen molar-refractivity contribution in [1.29, 1.82) is 0 Å². The van der Waals surface area contributed by atoms with Gasteiger partial charge < -0.3 is 10.2 Å². The van der Waals surface area contributed by atoms with Crippen molar-refractivity contribution < 1.29 is 9.59 Å². The second kappa shape index (κ2) is 8.00. The van der Waals surface area contributed by atoms with Gasteiger partial charge in [-0.15, -0.1) is 11.3 Å². The van der Waals surface area contributed by atoms with Crippen molar-refractivity contribution in [3.8, 4) is 0 Å². The maximum Gasteiger partial charge on any atom is 0.262 e. The van der Waals surface area contributed by atoms with E-state index in [2.05, 4.69) is 10.3 Å². The number of thiophene rings is 1. The number of fused-ring (bicyclic) bond motifs is 2. The summed E-state index contributed by atoms with van der Waals surface area (Å²) in [6, 6.07) is 9.13. The normalized spacial score (nSPS) is 13.4. The van der Waals surface area contributed by atoms with Gasteiger partial charge in [-0.25, -0.2) is 4.98 Å². The van der Waals surface area contributed by atoms with Gasteiger partial charge in [0.2, 0.25) is 11.8 Å². The zero-order valence-corrected chi connectivity index (χ0v) is 17.7. The molecule has 9 heteroatoms. The van der Waals surface area contributed by atoms with Crippen molar-refractivity contribution in [3.05, 3.63) is 45.6 Å². The van der Waals surface area contributed by atoms with Crippen molar-refractivity contribution in [3.63, 3.8) is 0 Å². The van der Waals surface area contributed by atoms with E-state index in [9.17, 15) is 14.4 Å². The molecule has 0 atom stereocenters. The van der Waals surface area contributed by atoms with Crippen LogP contribution >= 0.6 is 23.1 Å². The first kappa shape index (κ1) is 19.7. The van der Waals surface area contributed by atoms with Gasteiger partial charge >= 0.3 is 0 Å². The van der Waals surface area contributed by atoms with Gasteiger partial charge in [-0.1, -0.05) is 30.8 Å². The lowest BCUT2D eigenvalue weighted by Crippen LogP contribution is -2.43. The molecule has 3 heterocycles. The molecule has 29 heavy (non-hydrogen) atoms. The highest BCUT2D eigenvalue weighted by atomic mass is 32.2. The van der Waals surface area contributed by atoms with Crippen LogP contribution in [0.2, 0.25) is 0 Å². The average Bonchev–Trinajstić information content (AvgIpc) is 3.15. The van der Waals surface area contributed by atoms with E-state index in [0.717, 1.165) is 11.3 Å². The molecule has 2 amide bonds. The number of rotatable bonds is 5. The lowest BCUT2D eigenvalue weighted by molar-refractivity contribution is -0.120. The van der Waals surface area contributed by atoms with Gasteiger partial charge in [-0.2, -0.15) is 0 Å². The minimum absolute atomic E-state index is 0.0196. The van der Waals surface area contributed by atoms with Crippen LogP contribution in [0, 0.1) is 0 Å². The Kier molecular flexibility index (Phi) is 5.42. The highest BCUT2D eigenvalue weighted by Gasteiger charge is 2.27. The molecule has 0 saturated carbocycles. The zero-order chi connectivity index (χ0) is 20.5. The third-order valence-corrected chi connectivity index (χ3v) is 6.86. The SMILES string of the molecule is CCc1cc2c(=O)n(CC)c(SCC(=O)N3CC(=O)Nc4ccccc43)nc2s1. The first-order chi connectivity index (χ1) is 14.0. The molecule has 1 N–H and O–H groups in total. The van der Waals surface area contributed by atoms with E-state index < -0.39 is 0 Å². The number of anilines is 2. The predicted octanol–water partition coefficient (Wildman–Crippen LogP) is 3.12. The summed E-state index contributed by atoms with van der Waals surface area (Å²) in [6.07, 6.45) is 0.851. The highest BCUT2D eigenvalue weighted by molar-refractivity contribution is 7.99. The summed E-state index contributed by atoms with van der Waals surface area (Å²) >= 11 is 2.74. The first-order valence-electron chi connectivity index (χ1n) is 9.37. The summed E-state index contributed by atoms with van der Waals surface area (Å²) in [5.41, 5.74) is 1.23. The van der Waals surface area contributed by atoms with Crippen molar-refractivity contribution in [2.75, 3.05) is 22.5 Å². The summed E-state index contributed by atoms with van der Waals surface area (Å²) < 4.78 is 1.60. The van der Waals surface area contributed by atoms with Crippen LogP contribution in [0.4, 0.5) is 11.4 Å². The number of para-hydroxylation sites is 2. The summed E-state index contributed by atoms with van der Waals surface area (Å²) in [5, 5.41) is 3.93. The number of carbonyl (C=O) groups excluding carboxylic acids is 2. The Hall–Kier alpha value is -2.65. The lowest BCUT2D eigenvalue weighted by atomic mass is 10.2. The Morgan fingerprint density at radius 2 is 2.07 bits per heavy atom. The molecule has 150 valence electrons. The number of aromatic nitrogens is 2. The second-order valence-corrected chi connectivity index (χ2v) is 8.62. The molecule has 0 spiro atoms. The molecule has 0 radical (unpaired) electrons. The van der Waals surface area contributed by atoms with Gasteiger partial charge in [-0.3, -0.25) is 19.0 Å². The molecule has 1 aliphatic heterocycles. The molecule has 0 saturated heterocycles. The van der Waals surface area contributed by atoms with Crippen LogP contribution in [-0.2, 0) is 22.6 Å². The molecule has 3 aromatic rings. The number of carbonyl (C=O) groups is 2. The fourth-order valence-electron chi connectivity index (χ4n) is 3.27.